The van der Waals surface area contributed by atoms with Gasteiger partial charge in [-0.15, -0.1) is 0 Å². The lowest BCUT2D eigenvalue weighted by atomic mass is 9.46. The van der Waals surface area contributed by atoms with Crippen molar-refractivity contribution in [2.45, 2.75) is 84.7 Å². The van der Waals surface area contributed by atoms with E-state index in [1.165, 1.54) is 19.4 Å². The van der Waals surface area contributed by atoms with Gasteiger partial charge in [-0.25, -0.2) is 0 Å². The van der Waals surface area contributed by atoms with Gasteiger partial charge >= 0.3 is 11.9 Å². The molecule has 0 aliphatic heterocycles. The summed E-state index contributed by atoms with van der Waals surface area (Å²) >= 11 is 0. The van der Waals surface area contributed by atoms with Crippen LogP contribution in [0.2, 0.25) is 0 Å². The van der Waals surface area contributed by atoms with Crippen LogP contribution >= 0.6 is 0 Å². The zero-order valence-corrected chi connectivity index (χ0v) is 19.1. The number of rotatable bonds is 4. The lowest BCUT2D eigenvalue weighted by Gasteiger charge is -2.59. The summed E-state index contributed by atoms with van der Waals surface area (Å²) in [4.78, 5) is 48.8. The second-order valence-electron chi connectivity index (χ2n) is 10.6. The largest absolute Gasteiger partial charge is 0.458 e. The first-order valence-corrected chi connectivity index (χ1v) is 11.6. The average Bonchev–Trinajstić information content (AvgIpc) is 2.99. The summed E-state index contributed by atoms with van der Waals surface area (Å²) in [5, 5.41) is 0. The van der Waals surface area contributed by atoms with Gasteiger partial charge in [-0.3, -0.25) is 19.2 Å². The van der Waals surface area contributed by atoms with Crippen LogP contribution in [0.15, 0.2) is 11.6 Å². The minimum absolute atomic E-state index is 0.0482. The Kier molecular flexibility index (Phi) is 5.42. The average molecular weight is 431 g/mol. The first kappa shape index (κ1) is 22.2. The monoisotopic (exact) mass is 430 g/mol. The Labute approximate surface area is 184 Å². The van der Waals surface area contributed by atoms with Crippen molar-refractivity contribution >= 4 is 23.5 Å². The predicted molar refractivity (Wildman–Crippen MR) is 113 cm³/mol. The van der Waals surface area contributed by atoms with E-state index in [1.807, 2.05) is 6.08 Å². The molecule has 170 valence electrons. The quantitative estimate of drug-likeness (QED) is 0.628. The Hall–Kier alpha value is -1.98. The number of esters is 2. The maximum Gasteiger partial charge on any atom is 0.303 e. The minimum Gasteiger partial charge on any atom is -0.458 e. The Morgan fingerprint density at radius 1 is 0.968 bits per heavy atom. The first-order chi connectivity index (χ1) is 14.5. The summed E-state index contributed by atoms with van der Waals surface area (Å²) in [5.74, 6) is 0.156. The molecule has 31 heavy (non-hydrogen) atoms. The van der Waals surface area contributed by atoms with Crippen LogP contribution in [0, 0.1) is 28.6 Å². The smallest absolute Gasteiger partial charge is 0.303 e. The molecule has 0 heterocycles. The van der Waals surface area contributed by atoms with Crippen LogP contribution in [-0.4, -0.2) is 35.7 Å². The summed E-state index contributed by atoms with van der Waals surface area (Å²) < 4.78 is 10.9. The standard InChI is InChI=1S/C25H34O6/c1-15(26)30-14-22(29)25(31-16(2)27)12-9-21-19-6-5-17-13-18(28)7-10-23(17,3)20(19)8-11-24(21,25)4/h13,19-21H,5-12,14H2,1-4H3/t19-,20+,21+,23+,24+,25-/m1/s1. The van der Waals surface area contributed by atoms with Crippen LogP contribution in [0.5, 0.6) is 0 Å². The van der Waals surface area contributed by atoms with E-state index in [-0.39, 0.29) is 29.5 Å². The highest BCUT2D eigenvalue weighted by atomic mass is 16.6. The molecule has 6 heteroatoms. The minimum atomic E-state index is -1.23. The molecule has 0 aromatic rings. The summed E-state index contributed by atoms with van der Waals surface area (Å²) in [6.07, 6.45) is 8.39. The lowest BCUT2D eigenvalue weighted by molar-refractivity contribution is -0.190. The second kappa shape index (κ2) is 7.56. The molecule has 4 aliphatic rings. The molecule has 0 bridgehead atoms. The Bertz CT molecular complexity index is 858. The molecule has 4 rings (SSSR count). The Morgan fingerprint density at radius 2 is 1.68 bits per heavy atom. The molecule has 3 fully saturated rings. The van der Waals surface area contributed by atoms with Crippen molar-refractivity contribution in [3.8, 4) is 0 Å². The van der Waals surface area contributed by atoms with Gasteiger partial charge in [0.2, 0.25) is 5.78 Å². The highest BCUT2D eigenvalue weighted by molar-refractivity contribution is 5.93. The number of hydrogen-bond acceptors (Lipinski definition) is 6. The van der Waals surface area contributed by atoms with Gasteiger partial charge in [-0.1, -0.05) is 19.4 Å². The number of carbonyl (C=O) groups is 4. The van der Waals surface area contributed by atoms with Gasteiger partial charge in [0.15, 0.2) is 18.0 Å². The van der Waals surface area contributed by atoms with Crippen LogP contribution in [0.4, 0.5) is 0 Å². The fourth-order valence-electron chi connectivity index (χ4n) is 7.77. The predicted octanol–water partition coefficient (Wildman–Crippen LogP) is 3.95. The van der Waals surface area contributed by atoms with E-state index in [2.05, 4.69) is 13.8 Å². The van der Waals surface area contributed by atoms with Gasteiger partial charge in [0.1, 0.15) is 0 Å². The molecular weight excluding hydrogens is 396 g/mol. The normalized spacial score (nSPS) is 41.4. The van der Waals surface area contributed by atoms with Crippen LogP contribution < -0.4 is 0 Å². The topological polar surface area (TPSA) is 86.7 Å². The number of ether oxygens (including phenoxy) is 2. The molecule has 0 N–H and O–H groups in total. The van der Waals surface area contributed by atoms with Gasteiger partial charge in [0, 0.05) is 25.7 Å². The molecule has 0 amide bonds. The zero-order valence-electron chi connectivity index (χ0n) is 19.1. The van der Waals surface area contributed by atoms with E-state index < -0.39 is 23.0 Å². The van der Waals surface area contributed by atoms with Crippen molar-refractivity contribution in [3.05, 3.63) is 11.6 Å². The molecule has 3 saturated carbocycles. The maximum absolute atomic E-state index is 13.4. The molecule has 6 nitrogen and oxygen atoms in total. The number of hydrogen-bond donors (Lipinski definition) is 0. The van der Waals surface area contributed by atoms with E-state index in [1.54, 1.807) is 0 Å². The molecule has 0 saturated heterocycles. The second-order valence-corrected chi connectivity index (χ2v) is 10.6. The SMILES string of the molecule is CC(=O)OCC(=O)[C@]1(OC(C)=O)CC[C@H]2[C@@H]3CCC4=CC(=O)CC[C@]4(C)[C@H]3CC[C@@]21C. The van der Waals surface area contributed by atoms with Crippen LogP contribution in [0.1, 0.15) is 79.1 Å². The summed E-state index contributed by atoms with van der Waals surface area (Å²) in [6, 6.07) is 0. The van der Waals surface area contributed by atoms with Crippen molar-refractivity contribution in [3.63, 3.8) is 0 Å². The van der Waals surface area contributed by atoms with Crippen LogP contribution in [0.25, 0.3) is 0 Å². The van der Waals surface area contributed by atoms with Crippen LogP contribution in [0.3, 0.4) is 0 Å². The van der Waals surface area contributed by atoms with Gasteiger partial charge in [0.25, 0.3) is 0 Å². The number of Topliss-reactive ketones (excluding diaryl/α,β-unsaturated/α-hetero) is 1. The van der Waals surface area contributed by atoms with Gasteiger partial charge < -0.3 is 9.47 Å². The van der Waals surface area contributed by atoms with E-state index >= 15 is 0 Å². The van der Waals surface area contributed by atoms with Gasteiger partial charge in [-0.05, 0) is 74.2 Å². The molecule has 0 spiro atoms. The lowest BCUT2D eigenvalue weighted by Crippen LogP contribution is -2.59. The fraction of sp³-hybridized carbons (Fsp3) is 0.760. The molecule has 0 aromatic carbocycles. The molecule has 0 unspecified atom stereocenters. The number of fused-ring (bicyclic) bond motifs is 5. The summed E-state index contributed by atoms with van der Waals surface area (Å²) in [6.45, 7) is 6.70. The third kappa shape index (κ3) is 3.28. The molecule has 6 atom stereocenters. The van der Waals surface area contributed by atoms with Crippen LogP contribution in [-0.2, 0) is 28.7 Å². The maximum atomic E-state index is 13.4. The number of carbonyl (C=O) groups excluding carboxylic acids is 4. The molecule has 0 radical (unpaired) electrons. The third-order valence-corrected chi connectivity index (χ3v) is 9.26. The van der Waals surface area contributed by atoms with Gasteiger partial charge in [0.05, 0.1) is 0 Å². The molecule has 4 aliphatic carbocycles. The number of ketones is 2. The Morgan fingerprint density at radius 3 is 2.35 bits per heavy atom. The first-order valence-electron chi connectivity index (χ1n) is 11.6. The highest BCUT2D eigenvalue weighted by Gasteiger charge is 2.68. The van der Waals surface area contributed by atoms with Crippen molar-refractivity contribution in [2.75, 3.05) is 6.61 Å². The van der Waals surface area contributed by atoms with Crippen molar-refractivity contribution in [1.82, 2.24) is 0 Å². The van der Waals surface area contributed by atoms with Crippen molar-refractivity contribution < 1.29 is 28.7 Å². The number of allylic oxidation sites excluding steroid dienone is 1. The van der Waals surface area contributed by atoms with E-state index in [0.717, 1.165) is 38.5 Å². The van der Waals surface area contributed by atoms with Crippen molar-refractivity contribution in [2.24, 2.45) is 28.6 Å². The summed E-state index contributed by atoms with van der Waals surface area (Å²) in [5.41, 5.74) is -0.348. The Balaban J connectivity index is 1.67. The van der Waals surface area contributed by atoms with E-state index in [9.17, 15) is 19.2 Å². The zero-order chi connectivity index (χ0) is 22.6. The van der Waals surface area contributed by atoms with Gasteiger partial charge in [-0.2, -0.15) is 0 Å². The van der Waals surface area contributed by atoms with E-state index in [0.29, 0.717) is 24.7 Å². The summed E-state index contributed by atoms with van der Waals surface area (Å²) in [7, 11) is 0. The molecule has 0 aromatic heterocycles. The fourth-order valence-corrected chi connectivity index (χ4v) is 7.77. The van der Waals surface area contributed by atoms with Crippen molar-refractivity contribution in [1.29, 1.82) is 0 Å². The third-order valence-electron chi connectivity index (χ3n) is 9.26. The molecular formula is C25H34O6. The van der Waals surface area contributed by atoms with E-state index in [4.69, 9.17) is 9.47 Å². The highest BCUT2D eigenvalue weighted by Crippen LogP contribution is 2.68.